The Morgan fingerprint density at radius 1 is 1.58 bits per heavy atom. The number of nitrogen functional groups attached to an aromatic ring is 1. The number of carbonyl (C=O) groups is 1. The minimum absolute atomic E-state index is 0.229. The quantitative estimate of drug-likeness (QED) is 0.737. The van der Waals surface area contributed by atoms with Gasteiger partial charge in [0.25, 0.3) is 5.91 Å². The van der Waals surface area contributed by atoms with E-state index in [9.17, 15) is 4.79 Å². The smallest absolute Gasteiger partial charge is 0.261 e. The van der Waals surface area contributed by atoms with Gasteiger partial charge in [0.05, 0.1) is 13.7 Å². The fourth-order valence-electron chi connectivity index (χ4n) is 1.50. The summed E-state index contributed by atoms with van der Waals surface area (Å²) in [5, 5.41) is 7.37. The van der Waals surface area contributed by atoms with Crippen LogP contribution in [0.4, 0.5) is 10.7 Å². The summed E-state index contributed by atoms with van der Waals surface area (Å²) in [4.78, 5) is 15.5. The second-order valence-electron chi connectivity index (χ2n) is 3.65. The number of rotatable bonds is 5. The van der Waals surface area contributed by atoms with E-state index in [1.807, 2.05) is 0 Å². The maximum absolute atomic E-state index is 11.2. The van der Waals surface area contributed by atoms with Gasteiger partial charge in [-0.15, -0.1) is 11.3 Å². The van der Waals surface area contributed by atoms with Gasteiger partial charge in [0.15, 0.2) is 11.6 Å². The van der Waals surface area contributed by atoms with Crippen LogP contribution in [-0.2, 0) is 6.54 Å². The average Bonchev–Trinajstić information content (AvgIpc) is 2.90. The van der Waals surface area contributed by atoms with Gasteiger partial charge in [0.1, 0.15) is 15.6 Å². The topological polar surface area (TPSA) is 129 Å². The van der Waals surface area contributed by atoms with E-state index in [4.69, 9.17) is 20.7 Å². The largest absolute Gasteiger partial charge is 0.492 e. The molecule has 0 saturated heterocycles. The highest BCUT2D eigenvalue weighted by molar-refractivity contribution is 7.19. The number of hydrogen-bond donors (Lipinski definition) is 3. The second-order valence-corrected chi connectivity index (χ2v) is 4.68. The number of nitrogens with two attached hydrogens (primary N) is 2. The molecule has 0 bridgehead atoms. The predicted octanol–water partition coefficient (Wildman–Crippen LogP) is 0.741. The van der Waals surface area contributed by atoms with Gasteiger partial charge in [-0.25, -0.2) is 0 Å². The molecule has 9 heteroatoms. The Bertz CT molecular complexity index is 606. The number of anilines is 2. The number of aryl methyl sites for hydroxylation is 1. The number of amides is 1. The van der Waals surface area contributed by atoms with Crippen LogP contribution in [0.25, 0.3) is 0 Å². The Labute approximate surface area is 112 Å². The zero-order valence-corrected chi connectivity index (χ0v) is 11.2. The van der Waals surface area contributed by atoms with Crippen molar-refractivity contribution in [3.63, 3.8) is 0 Å². The lowest BCUT2D eigenvalue weighted by Gasteiger charge is -2.04. The van der Waals surface area contributed by atoms with E-state index in [0.717, 1.165) is 11.3 Å². The van der Waals surface area contributed by atoms with Gasteiger partial charge in [-0.3, -0.25) is 4.79 Å². The van der Waals surface area contributed by atoms with Crippen LogP contribution in [0.15, 0.2) is 4.52 Å². The van der Waals surface area contributed by atoms with Gasteiger partial charge in [-0.05, 0) is 0 Å². The number of ether oxygens (including phenoxy) is 1. The summed E-state index contributed by atoms with van der Waals surface area (Å²) in [5.41, 5.74) is 11.2. The monoisotopic (exact) mass is 283 g/mol. The van der Waals surface area contributed by atoms with E-state index in [2.05, 4.69) is 15.5 Å². The second kappa shape index (κ2) is 5.14. The Balaban J connectivity index is 2.20. The van der Waals surface area contributed by atoms with Crippen molar-refractivity contribution in [1.82, 2.24) is 10.1 Å². The lowest BCUT2D eigenvalue weighted by atomic mass is 10.3. The molecule has 2 aromatic heterocycles. The number of carbonyl (C=O) groups excluding carboxylic acids is 1. The molecule has 1 amide bonds. The minimum Gasteiger partial charge on any atom is -0.492 e. The first-order valence-corrected chi connectivity index (χ1v) is 6.13. The highest BCUT2D eigenvalue weighted by atomic mass is 32.1. The van der Waals surface area contributed by atoms with Crippen LogP contribution in [0.5, 0.6) is 5.75 Å². The summed E-state index contributed by atoms with van der Waals surface area (Å²) < 4.78 is 10.0. The number of methoxy groups -OCH3 is 1. The highest BCUT2D eigenvalue weighted by Gasteiger charge is 2.20. The summed E-state index contributed by atoms with van der Waals surface area (Å²) in [6, 6.07) is 0. The molecule has 19 heavy (non-hydrogen) atoms. The van der Waals surface area contributed by atoms with E-state index in [-0.39, 0.29) is 10.6 Å². The zero-order valence-electron chi connectivity index (χ0n) is 10.4. The number of nitrogens with zero attached hydrogens (tertiary/aromatic N) is 2. The summed E-state index contributed by atoms with van der Waals surface area (Å²) in [6.45, 7) is 2.03. The molecule has 2 aromatic rings. The number of hydrogen-bond acceptors (Lipinski definition) is 8. The van der Waals surface area contributed by atoms with Crippen molar-refractivity contribution in [3.05, 3.63) is 16.6 Å². The maximum atomic E-state index is 11.2. The molecular weight excluding hydrogens is 270 g/mol. The van der Waals surface area contributed by atoms with E-state index < -0.39 is 5.91 Å². The zero-order chi connectivity index (χ0) is 14.0. The molecule has 0 saturated carbocycles. The van der Waals surface area contributed by atoms with Crippen molar-refractivity contribution in [2.45, 2.75) is 13.5 Å². The lowest BCUT2D eigenvalue weighted by molar-refractivity contribution is 0.100. The number of thiophene rings is 1. The SMILES string of the molecule is COc1c(NCc2noc(C)n2)sc(C(N)=O)c1N. The van der Waals surface area contributed by atoms with Crippen molar-refractivity contribution in [3.8, 4) is 5.75 Å². The molecule has 5 N–H and O–H groups in total. The molecule has 0 unspecified atom stereocenters. The molecular formula is C10H13N5O3S. The third kappa shape index (κ3) is 2.60. The predicted molar refractivity (Wildman–Crippen MR) is 70.2 cm³/mol. The molecule has 0 fully saturated rings. The molecule has 0 aliphatic rings. The summed E-state index contributed by atoms with van der Waals surface area (Å²) in [5.74, 6) is 0.766. The first-order valence-electron chi connectivity index (χ1n) is 5.32. The molecule has 2 rings (SSSR count). The lowest BCUT2D eigenvalue weighted by Crippen LogP contribution is -2.10. The van der Waals surface area contributed by atoms with Gasteiger partial charge in [0.2, 0.25) is 5.89 Å². The van der Waals surface area contributed by atoms with Crippen molar-refractivity contribution < 1.29 is 14.1 Å². The summed E-state index contributed by atoms with van der Waals surface area (Å²) in [7, 11) is 1.47. The number of nitrogens with one attached hydrogen (secondary N) is 1. The van der Waals surface area contributed by atoms with Crippen LogP contribution in [0.3, 0.4) is 0 Å². The molecule has 0 atom stereocenters. The van der Waals surface area contributed by atoms with Crippen LogP contribution < -0.4 is 21.5 Å². The van der Waals surface area contributed by atoms with Crippen molar-refractivity contribution in [2.24, 2.45) is 5.73 Å². The van der Waals surface area contributed by atoms with Crippen LogP contribution >= 0.6 is 11.3 Å². The van der Waals surface area contributed by atoms with Crippen molar-refractivity contribution in [1.29, 1.82) is 0 Å². The Hall–Kier alpha value is -2.29. The number of primary amides is 1. The van der Waals surface area contributed by atoms with Crippen LogP contribution in [0.2, 0.25) is 0 Å². The summed E-state index contributed by atoms with van der Waals surface area (Å²) >= 11 is 1.12. The third-order valence-corrected chi connectivity index (χ3v) is 3.46. The standard InChI is InChI=1S/C10H13N5O3S/c1-4-14-5(15-18-4)3-13-10-7(17-2)6(11)8(19-10)9(12)16/h13H,3,11H2,1-2H3,(H2,12,16). The fourth-order valence-corrected chi connectivity index (χ4v) is 2.44. The summed E-state index contributed by atoms with van der Waals surface area (Å²) in [6.07, 6.45) is 0. The third-order valence-electron chi connectivity index (χ3n) is 2.30. The Kier molecular flexibility index (Phi) is 3.56. The molecule has 2 heterocycles. The van der Waals surface area contributed by atoms with E-state index in [1.54, 1.807) is 6.92 Å². The van der Waals surface area contributed by atoms with Crippen molar-refractivity contribution >= 4 is 27.9 Å². The first kappa shape index (κ1) is 13.1. The maximum Gasteiger partial charge on any atom is 0.261 e. The van der Waals surface area contributed by atoms with Crippen LogP contribution in [-0.4, -0.2) is 23.2 Å². The van der Waals surface area contributed by atoms with Gasteiger partial charge in [-0.2, -0.15) is 4.98 Å². The van der Waals surface area contributed by atoms with Gasteiger partial charge in [0, 0.05) is 6.92 Å². The minimum atomic E-state index is -0.593. The van der Waals surface area contributed by atoms with Gasteiger partial charge < -0.3 is 26.0 Å². The van der Waals surface area contributed by atoms with E-state index in [0.29, 0.717) is 29.0 Å². The average molecular weight is 283 g/mol. The molecule has 0 aliphatic heterocycles. The highest BCUT2D eigenvalue weighted by Crippen LogP contribution is 2.42. The van der Waals surface area contributed by atoms with Gasteiger partial charge in [-0.1, -0.05) is 5.16 Å². The van der Waals surface area contributed by atoms with E-state index >= 15 is 0 Å². The normalized spacial score (nSPS) is 10.4. The first-order chi connectivity index (χ1) is 9.02. The molecule has 0 aliphatic carbocycles. The van der Waals surface area contributed by atoms with Gasteiger partial charge >= 0.3 is 0 Å². The Morgan fingerprint density at radius 3 is 2.84 bits per heavy atom. The molecule has 8 nitrogen and oxygen atoms in total. The molecule has 0 aromatic carbocycles. The Morgan fingerprint density at radius 2 is 2.32 bits per heavy atom. The molecule has 0 radical (unpaired) electrons. The van der Waals surface area contributed by atoms with Crippen LogP contribution in [0.1, 0.15) is 21.4 Å². The van der Waals surface area contributed by atoms with Crippen molar-refractivity contribution in [2.75, 3.05) is 18.2 Å². The fraction of sp³-hybridized carbons (Fsp3) is 0.300. The number of aromatic nitrogens is 2. The van der Waals surface area contributed by atoms with E-state index in [1.165, 1.54) is 7.11 Å². The molecule has 102 valence electrons. The molecule has 0 spiro atoms. The van der Waals surface area contributed by atoms with Crippen LogP contribution in [0, 0.1) is 6.92 Å².